The van der Waals surface area contributed by atoms with E-state index in [4.69, 9.17) is 17.3 Å². The fourth-order valence-electron chi connectivity index (χ4n) is 2.97. The smallest absolute Gasteiger partial charge is 0.123 e. The summed E-state index contributed by atoms with van der Waals surface area (Å²) in [6.07, 6.45) is 3.97. The molecule has 18 heavy (non-hydrogen) atoms. The molecule has 0 heterocycles. The lowest BCUT2D eigenvalue weighted by atomic mass is 9.70. The van der Waals surface area contributed by atoms with Crippen molar-refractivity contribution in [3.8, 4) is 0 Å². The highest BCUT2D eigenvalue weighted by atomic mass is 35.5. The average Bonchev–Trinajstić information content (AvgIpc) is 2.32. The van der Waals surface area contributed by atoms with Gasteiger partial charge in [-0.15, -0.1) is 0 Å². The van der Waals surface area contributed by atoms with Crippen molar-refractivity contribution < 1.29 is 4.39 Å². The van der Waals surface area contributed by atoms with Crippen LogP contribution in [0.15, 0.2) is 18.2 Å². The van der Waals surface area contributed by atoms with Crippen LogP contribution in [0, 0.1) is 17.7 Å². The number of hydrogen-bond acceptors (Lipinski definition) is 1. The quantitative estimate of drug-likeness (QED) is 0.842. The maximum Gasteiger partial charge on any atom is 0.123 e. The maximum absolute atomic E-state index is 13.4. The molecule has 0 unspecified atom stereocenters. The van der Waals surface area contributed by atoms with E-state index in [9.17, 15) is 4.39 Å². The first-order valence-electron chi connectivity index (χ1n) is 6.67. The van der Waals surface area contributed by atoms with Crippen LogP contribution in [0.4, 0.5) is 4.39 Å². The highest BCUT2D eigenvalue weighted by molar-refractivity contribution is 6.31. The highest BCUT2D eigenvalue weighted by Crippen LogP contribution is 2.42. The number of hydrogen-bond donors (Lipinski definition) is 1. The van der Waals surface area contributed by atoms with Crippen LogP contribution in [-0.2, 0) is 5.54 Å². The second-order valence-corrected chi connectivity index (χ2v) is 6.27. The fourth-order valence-corrected chi connectivity index (χ4v) is 3.28. The number of halogens is 2. The summed E-state index contributed by atoms with van der Waals surface area (Å²) in [6.45, 7) is 4.51. The van der Waals surface area contributed by atoms with Gasteiger partial charge in [-0.3, -0.25) is 0 Å². The minimum atomic E-state index is -0.454. The monoisotopic (exact) mass is 269 g/mol. The molecule has 1 aromatic carbocycles. The van der Waals surface area contributed by atoms with Crippen molar-refractivity contribution in [2.75, 3.05) is 0 Å². The normalized spacial score (nSPS) is 28.7. The first-order valence-corrected chi connectivity index (χ1v) is 7.04. The molecule has 1 fully saturated rings. The zero-order valence-electron chi connectivity index (χ0n) is 11.0. The Morgan fingerprint density at radius 2 is 1.94 bits per heavy atom. The highest BCUT2D eigenvalue weighted by Gasteiger charge is 2.35. The van der Waals surface area contributed by atoms with E-state index in [0.717, 1.165) is 37.2 Å². The van der Waals surface area contributed by atoms with Crippen molar-refractivity contribution in [1.29, 1.82) is 0 Å². The van der Waals surface area contributed by atoms with Gasteiger partial charge in [-0.2, -0.15) is 0 Å². The second-order valence-electron chi connectivity index (χ2n) is 5.86. The van der Waals surface area contributed by atoms with Gasteiger partial charge in [0.1, 0.15) is 5.82 Å². The van der Waals surface area contributed by atoms with E-state index in [1.807, 2.05) is 0 Å². The Morgan fingerprint density at radius 1 is 1.33 bits per heavy atom. The lowest BCUT2D eigenvalue weighted by molar-refractivity contribution is 0.196. The van der Waals surface area contributed by atoms with Gasteiger partial charge in [-0.25, -0.2) is 4.39 Å². The molecule has 0 aliphatic heterocycles. The first-order chi connectivity index (χ1) is 8.42. The van der Waals surface area contributed by atoms with E-state index in [0.29, 0.717) is 10.9 Å². The first kappa shape index (κ1) is 13.8. The summed E-state index contributed by atoms with van der Waals surface area (Å²) in [4.78, 5) is 0. The van der Waals surface area contributed by atoms with Gasteiger partial charge < -0.3 is 5.73 Å². The molecule has 0 saturated heterocycles. The van der Waals surface area contributed by atoms with Crippen LogP contribution >= 0.6 is 11.6 Å². The van der Waals surface area contributed by atoms with Crippen molar-refractivity contribution in [3.05, 3.63) is 34.6 Å². The Balaban J connectivity index is 2.20. The molecule has 0 radical (unpaired) electrons. The summed E-state index contributed by atoms with van der Waals surface area (Å²) in [5, 5.41) is 0.585. The van der Waals surface area contributed by atoms with Crippen LogP contribution in [0.5, 0.6) is 0 Å². The van der Waals surface area contributed by atoms with Crippen LogP contribution < -0.4 is 5.73 Å². The molecular formula is C15H21ClFN. The largest absolute Gasteiger partial charge is 0.321 e. The third-order valence-electron chi connectivity index (χ3n) is 4.33. The van der Waals surface area contributed by atoms with Crippen LogP contribution in [0.25, 0.3) is 0 Å². The lowest BCUT2D eigenvalue weighted by Gasteiger charge is -2.39. The zero-order chi connectivity index (χ0) is 13.3. The molecule has 2 N–H and O–H groups in total. The lowest BCUT2D eigenvalue weighted by Crippen LogP contribution is -2.41. The number of rotatable bonds is 2. The molecule has 1 aromatic rings. The SMILES string of the molecule is CC(C)C1CCC(N)(c2cc(F)ccc2Cl)CC1. The summed E-state index contributed by atoms with van der Waals surface area (Å²) in [5.41, 5.74) is 6.78. The fraction of sp³-hybridized carbons (Fsp3) is 0.600. The van der Waals surface area contributed by atoms with E-state index >= 15 is 0 Å². The van der Waals surface area contributed by atoms with E-state index in [1.165, 1.54) is 12.1 Å². The summed E-state index contributed by atoms with van der Waals surface area (Å²) in [7, 11) is 0. The molecule has 1 aliphatic carbocycles. The summed E-state index contributed by atoms with van der Waals surface area (Å²) in [6, 6.07) is 4.49. The Bertz CT molecular complexity index is 423. The van der Waals surface area contributed by atoms with Gasteiger partial charge in [0, 0.05) is 10.6 Å². The Morgan fingerprint density at radius 3 is 2.50 bits per heavy atom. The van der Waals surface area contributed by atoms with Gasteiger partial charge in [0.15, 0.2) is 0 Å². The number of benzene rings is 1. The Kier molecular flexibility index (Phi) is 3.98. The van der Waals surface area contributed by atoms with Gasteiger partial charge in [0.25, 0.3) is 0 Å². The molecule has 1 aliphatic rings. The molecule has 0 bridgehead atoms. The van der Waals surface area contributed by atoms with Crippen LogP contribution in [0.2, 0.25) is 5.02 Å². The van der Waals surface area contributed by atoms with Crippen LogP contribution in [0.1, 0.15) is 45.1 Å². The molecule has 0 amide bonds. The van der Waals surface area contributed by atoms with E-state index in [1.54, 1.807) is 6.07 Å². The summed E-state index contributed by atoms with van der Waals surface area (Å²) >= 11 is 6.17. The molecule has 3 heteroatoms. The van der Waals surface area contributed by atoms with Gasteiger partial charge in [-0.05, 0) is 61.3 Å². The van der Waals surface area contributed by atoms with Gasteiger partial charge in [0.2, 0.25) is 0 Å². The molecule has 100 valence electrons. The third kappa shape index (κ3) is 2.70. The molecule has 0 aromatic heterocycles. The van der Waals surface area contributed by atoms with Crippen molar-refractivity contribution in [1.82, 2.24) is 0 Å². The van der Waals surface area contributed by atoms with Crippen molar-refractivity contribution in [3.63, 3.8) is 0 Å². The molecule has 0 atom stereocenters. The van der Waals surface area contributed by atoms with E-state index in [2.05, 4.69) is 13.8 Å². The molecule has 2 rings (SSSR count). The molecule has 0 spiro atoms. The van der Waals surface area contributed by atoms with E-state index < -0.39 is 5.54 Å². The predicted octanol–water partition coefficient (Wildman–Crippen LogP) is 4.48. The standard InChI is InChI=1S/C15H21ClFN/c1-10(2)11-5-7-15(18,8-6-11)13-9-12(17)3-4-14(13)16/h3-4,9-11H,5-8,18H2,1-2H3. The average molecular weight is 270 g/mol. The van der Waals surface area contributed by atoms with Crippen LogP contribution in [-0.4, -0.2) is 0 Å². The molecule has 1 saturated carbocycles. The minimum absolute atomic E-state index is 0.259. The van der Waals surface area contributed by atoms with E-state index in [-0.39, 0.29) is 5.82 Å². The summed E-state index contributed by atoms with van der Waals surface area (Å²) in [5.74, 6) is 1.16. The topological polar surface area (TPSA) is 26.0 Å². The predicted molar refractivity (Wildman–Crippen MR) is 74.1 cm³/mol. The number of nitrogens with two attached hydrogens (primary N) is 1. The third-order valence-corrected chi connectivity index (χ3v) is 4.66. The van der Waals surface area contributed by atoms with Crippen molar-refractivity contribution in [2.24, 2.45) is 17.6 Å². The van der Waals surface area contributed by atoms with Crippen molar-refractivity contribution >= 4 is 11.6 Å². The van der Waals surface area contributed by atoms with Crippen LogP contribution in [0.3, 0.4) is 0 Å². The molecule has 1 nitrogen and oxygen atoms in total. The zero-order valence-corrected chi connectivity index (χ0v) is 11.8. The second kappa shape index (κ2) is 5.18. The Hall–Kier alpha value is -0.600. The molecular weight excluding hydrogens is 249 g/mol. The van der Waals surface area contributed by atoms with Crippen molar-refractivity contribution in [2.45, 2.75) is 45.1 Å². The Labute approximate surface area is 114 Å². The maximum atomic E-state index is 13.4. The summed E-state index contributed by atoms with van der Waals surface area (Å²) < 4.78 is 13.4. The minimum Gasteiger partial charge on any atom is -0.321 e. The van der Waals surface area contributed by atoms with Gasteiger partial charge in [0.05, 0.1) is 0 Å². The van der Waals surface area contributed by atoms with Gasteiger partial charge >= 0.3 is 0 Å². The van der Waals surface area contributed by atoms with Gasteiger partial charge in [-0.1, -0.05) is 25.4 Å².